The number of hydrogen-bond donors (Lipinski definition) is 1. The summed E-state index contributed by atoms with van der Waals surface area (Å²) in [5, 5.41) is 0. The molecule has 0 aliphatic carbocycles. The molecule has 1 aromatic heterocycles. The predicted octanol–water partition coefficient (Wildman–Crippen LogP) is -1.29. The molecule has 0 bridgehead atoms. The standard InChI is InChI=1S/C9H12AsN2O3S/c1-6-3-7(4-9(11)13)12-5-8(6)10-16(2,14)15/h3,5H,4H2,1-2H3,(H2,11,13). The topological polar surface area (TPSA) is 90.1 Å². The molecule has 87 valence electrons. The molecule has 0 unspecified atom stereocenters. The Morgan fingerprint density at radius 3 is 2.62 bits per heavy atom. The number of nitrogens with zero attached hydrogens (tertiary/aromatic N) is 1. The van der Waals surface area contributed by atoms with E-state index in [0.29, 0.717) is 5.69 Å². The molecular weight excluding hydrogens is 291 g/mol. The molecule has 5 nitrogen and oxygen atoms in total. The third-order valence-electron chi connectivity index (χ3n) is 1.76. The summed E-state index contributed by atoms with van der Waals surface area (Å²) < 4.78 is 23.1. The summed E-state index contributed by atoms with van der Waals surface area (Å²) in [4.78, 5) is 14.7. The molecule has 0 spiro atoms. The Morgan fingerprint density at radius 2 is 2.19 bits per heavy atom. The van der Waals surface area contributed by atoms with Crippen LogP contribution in [0.25, 0.3) is 0 Å². The molecule has 0 saturated carbocycles. The second-order valence-electron chi connectivity index (χ2n) is 3.43. The van der Waals surface area contributed by atoms with Crippen LogP contribution in [0.3, 0.4) is 0 Å². The fourth-order valence-electron chi connectivity index (χ4n) is 1.16. The maximum atomic E-state index is 11.2. The van der Waals surface area contributed by atoms with Crippen LogP contribution in [0.4, 0.5) is 0 Å². The van der Waals surface area contributed by atoms with Gasteiger partial charge in [0.25, 0.3) is 0 Å². The number of hydrogen-bond acceptors (Lipinski definition) is 4. The molecule has 0 aliphatic heterocycles. The zero-order chi connectivity index (χ0) is 12.3. The van der Waals surface area contributed by atoms with Crippen molar-refractivity contribution in [1.29, 1.82) is 0 Å². The van der Waals surface area contributed by atoms with Crippen molar-refractivity contribution in [1.82, 2.24) is 4.98 Å². The normalized spacial score (nSPS) is 12.1. The minimum atomic E-state index is -2.97. The summed E-state index contributed by atoms with van der Waals surface area (Å²) in [5.74, 6) is -0.448. The number of aromatic nitrogens is 1. The van der Waals surface area contributed by atoms with Crippen LogP contribution in [-0.2, 0) is 19.3 Å². The van der Waals surface area contributed by atoms with Gasteiger partial charge in [-0.05, 0) is 0 Å². The Balaban J connectivity index is 2.96. The van der Waals surface area contributed by atoms with Gasteiger partial charge in [-0.15, -0.1) is 0 Å². The first kappa shape index (κ1) is 13.2. The van der Waals surface area contributed by atoms with Gasteiger partial charge in [-0.2, -0.15) is 0 Å². The van der Waals surface area contributed by atoms with Crippen molar-refractivity contribution >= 4 is 33.0 Å². The van der Waals surface area contributed by atoms with E-state index in [4.69, 9.17) is 5.73 Å². The number of carbonyl (C=O) groups excluding carboxylic acids is 1. The van der Waals surface area contributed by atoms with Gasteiger partial charge < -0.3 is 0 Å². The third-order valence-corrected chi connectivity index (χ3v) is 6.60. The third kappa shape index (κ3) is 4.33. The second kappa shape index (κ2) is 4.97. The van der Waals surface area contributed by atoms with Crippen molar-refractivity contribution in [2.75, 3.05) is 6.26 Å². The molecule has 2 N–H and O–H groups in total. The van der Waals surface area contributed by atoms with Crippen molar-refractivity contribution in [2.45, 2.75) is 13.3 Å². The van der Waals surface area contributed by atoms with Gasteiger partial charge in [-0.25, -0.2) is 0 Å². The Bertz CT molecular complexity index is 513. The summed E-state index contributed by atoms with van der Waals surface area (Å²) in [6, 6.07) is 1.71. The molecule has 1 heterocycles. The first-order valence-corrected chi connectivity index (χ1v) is 9.53. The van der Waals surface area contributed by atoms with Crippen molar-refractivity contribution < 1.29 is 13.2 Å². The summed E-state index contributed by atoms with van der Waals surface area (Å²) in [6.07, 6.45) is 2.81. The van der Waals surface area contributed by atoms with E-state index in [2.05, 4.69) is 4.98 Å². The number of carbonyl (C=O) groups is 1. The van der Waals surface area contributed by atoms with E-state index >= 15 is 0 Å². The van der Waals surface area contributed by atoms with Crippen LogP contribution in [0.2, 0.25) is 0 Å². The monoisotopic (exact) mass is 303 g/mol. The Labute approximate surface area is 100 Å². The average molecular weight is 303 g/mol. The molecule has 0 saturated heterocycles. The summed E-state index contributed by atoms with van der Waals surface area (Å²) >= 11 is -0.925. The second-order valence-corrected chi connectivity index (χ2v) is 11.4. The first-order valence-electron chi connectivity index (χ1n) is 4.45. The molecule has 1 amide bonds. The first-order chi connectivity index (χ1) is 7.28. The molecule has 1 radical (unpaired) electrons. The van der Waals surface area contributed by atoms with E-state index in [1.807, 2.05) is 6.92 Å². The molecule has 1 aromatic rings. The molecule has 1 rings (SSSR count). The average Bonchev–Trinajstić information content (AvgIpc) is 2.06. The zero-order valence-electron chi connectivity index (χ0n) is 8.97. The van der Waals surface area contributed by atoms with Crippen LogP contribution in [0.1, 0.15) is 11.3 Å². The van der Waals surface area contributed by atoms with Crippen molar-refractivity contribution in [3.05, 3.63) is 23.5 Å². The van der Waals surface area contributed by atoms with Gasteiger partial charge in [0.2, 0.25) is 0 Å². The Kier molecular flexibility index (Phi) is 4.10. The Morgan fingerprint density at radius 1 is 1.56 bits per heavy atom. The van der Waals surface area contributed by atoms with E-state index in [1.165, 1.54) is 12.5 Å². The molecule has 0 fully saturated rings. The van der Waals surface area contributed by atoms with Crippen LogP contribution < -0.4 is 10.1 Å². The SMILES string of the molecule is Cc1cc(CC(N)=O)ncc1[As]S(C)(=O)=O. The molecule has 0 atom stereocenters. The van der Waals surface area contributed by atoms with E-state index < -0.39 is 28.6 Å². The van der Waals surface area contributed by atoms with Gasteiger partial charge in [0.15, 0.2) is 0 Å². The van der Waals surface area contributed by atoms with E-state index in [-0.39, 0.29) is 6.42 Å². The summed E-state index contributed by atoms with van der Waals surface area (Å²) in [5.41, 5.74) is 6.46. The predicted molar refractivity (Wildman–Crippen MR) is 62.1 cm³/mol. The molecule has 16 heavy (non-hydrogen) atoms. The number of nitrogens with two attached hydrogens (primary N) is 1. The number of aryl methyl sites for hydroxylation is 1. The number of amides is 1. The quantitative estimate of drug-likeness (QED) is 0.701. The Hall–Kier alpha value is -0.872. The number of primary amides is 1. The maximum absolute atomic E-state index is 11.2. The van der Waals surface area contributed by atoms with Gasteiger partial charge in [0.05, 0.1) is 0 Å². The van der Waals surface area contributed by atoms with Crippen LogP contribution in [0.5, 0.6) is 0 Å². The summed E-state index contributed by atoms with van der Waals surface area (Å²) in [6.45, 7) is 1.81. The molecule has 7 heteroatoms. The number of rotatable bonds is 4. The number of pyridine rings is 1. The fourth-order valence-corrected chi connectivity index (χ4v) is 5.41. The minimum absolute atomic E-state index is 0.0799. The van der Waals surface area contributed by atoms with Gasteiger partial charge in [-0.1, -0.05) is 0 Å². The molecule has 0 aromatic carbocycles. The van der Waals surface area contributed by atoms with Gasteiger partial charge in [0.1, 0.15) is 0 Å². The molecule has 0 aliphatic rings. The molecular formula is C9H12AsN2O3S. The van der Waals surface area contributed by atoms with Crippen molar-refractivity contribution in [2.24, 2.45) is 5.73 Å². The fraction of sp³-hybridized carbons (Fsp3) is 0.333. The van der Waals surface area contributed by atoms with Crippen LogP contribution in [-0.4, -0.2) is 40.2 Å². The summed E-state index contributed by atoms with van der Waals surface area (Å²) in [7, 11) is -2.97. The van der Waals surface area contributed by atoms with Crippen molar-refractivity contribution in [3.8, 4) is 0 Å². The zero-order valence-corrected chi connectivity index (χ0v) is 11.7. The van der Waals surface area contributed by atoms with E-state index in [1.54, 1.807) is 6.07 Å². The van der Waals surface area contributed by atoms with E-state index in [0.717, 1.165) is 9.91 Å². The van der Waals surface area contributed by atoms with Gasteiger partial charge >= 0.3 is 100 Å². The van der Waals surface area contributed by atoms with Crippen LogP contribution in [0, 0.1) is 6.92 Å². The van der Waals surface area contributed by atoms with E-state index in [9.17, 15) is 13.2 Å². The van der Waals surface area contributed by atoms with Crippen molar-refractivity contribution in [3.63, 3.8) is 0 Å². The van der Waals surface area contributed by atoms with Gasteiger partial charge in [-0.3, -0.25) is 0 Å². The van der Waals surface area contributed by atoms with Crippen LogP contribution in [0.15, 0.2) is 12.3 Å². The van der Waals surface area contributed by atoms with Gasteiger partial charge in [0, 0.05) is 0 Å². The van der Waals surface area contributed by atoms with Crippen LogP contribution >= 0.6 is 0 Å².